The van der Waals surface area contributed by atoms with E-state index in [1.807, 2.05) is 19.1 Å². The first kappa shape index (κ1) is 23.3. The number of aromatic nitrogens is 4. The van der Waals surface area contributed by atoms with Crippen molar-refractivity contribution in [2.75, 3.05) is 38.6 Å². The van der Waals surface area contributed by atoms with E-state index < -0.39 is 0 Å². The van der Waals surface area contributed by atoms with Crippen LogP contribution in [0.1, 0.15) is 28.6 Å². The molecule has 0 bridgehead atoms. The van der Waals surface area contributed by atoms with Crippen LogP contribution in [0.5, 0.6) is 11.8 Å². The summed E-state index contributed by atoms with van der Waals surface area (Å²) in [6, 6.07) is 3.85. The van der Waals surface area contributed by atoms with E-state index >= 15 is 0 Å². The number of hydrogen-bond acceptors (Lipinski definition) is 10. The minimum absolute atomic E-state index is 0.0463. The van der Waals surface area contributed by atoms with Gasteiger partial charge < -0.3 is 25.0 Å². The fourth-order valence-corrected chi connectivity index (χ4v) is 6.03. The molecule has 4 aromatic rings. The molecular weight excluding hydrogens is 502 g/mol. The highest BCUT2D eigenvalue weighted by Gasteiger charge is 2.41. The lowest BCUT2D eigenvalue weighted by atomic mass is 9.99. The van der Waals surface area contributed by atoms with Gasteiger partial charge in [-0.2, -0.15) is 4.98 Å². The summed E-state index contributed by atoms with van der Waals surface area (Å²) in [5.41, 5.74) is 2.55. The predicted octanol–water partition coefficient (Wildman–Crippen LogP) is 3.85. The Balaban J connectivity index is 1.37. The third-order valence-corrected chi connectivity index (χ3v) is 7.87. The maximum absolute atomic E-state index is 13.2. The summed E-state index contributed by atoms with van der Waals surface area (Å²) in [4.78, 5) is 33.7. The molecule has 36 heavy (non-hydrogen) atoms. The molecule has 5 heterocycles. The van der Waals surface area contributed by atoms with Crippen molar-refractivity contribution >= 4 is 55.7 Å². The molecule has 3 aromatic heterocycles. The van der Waals surface area contributed by atoms with Gasteiger partial charge in [-0.25, -0.2) is 15.0 Å². The molecule has 2 aliphatic rings. The molecule has 0 saturated carbocycles. The summed E-state index contributed by atoms with van der Waals surface area (Å²) in [6.45, 7) is 5.17. The monoisotopic (exact) mass is 525 g/mol. The number of likely N-dealkylation sites (N-methyl/N-ethyl adjacent to an activating group) is 1. The number of carbonyl (C=O) groups is 1. The fraction of sp³-hybridized carbons (Fsp3) is 0.375. The molecule has 1 atom stereocenters. The van der Waals surface area contributed by atoms with E-state index in [0.29, 0.717) is 34.6 Å². The number of likely N-dealkylation sites (tertiary alicyclic amines) is 1. The molecule has 1 spiro atoms. The van der Waals surface area contributed by atoms with Gasteiger partial charge in [0.15, 0.2) is 0 Å². The van der Waals surface area contributed by atoms with E-state index in [1.54, 1.807) is 12.4 Å². The van der Waals surface area contributed by atoms with Gasteiger partial charge in [-0.3, -0.25) is 4.79 Å². The van der Waals surface area contributed by atoms with Crippen LogP contribution >= 0.6 is 22.9 Å². The Bertz CT molecular complexity index is 1500. The molecule has 0 radical (unpaired) electrons. The third kappa shape index (κ3) is 4.11. The number of nitrogens with zero attached hydrogens (tertiary/aromatic N) is 5. The number of benzene rings is 1. The number of fused-ring (bicyclic) bond motifs is 5. The Labute approximate surface area is 216 Å². The van der Waals surface area contributed by atoms with Gasteiger partial charge >= 0.3 is 0 Å². The SMILES string of the molecule is CCOCc1cnc(Cl)nc1Oc1cnc2c(ccc3sc4c(c32)NCC2(CCN(C)C2)NC4=O)n1. The van der Waals surface area contributed by atoms with Gasteiger partial charge in [-0.15, -0.1) is 11.3 Å². The van der Waals surface area contributed by atoms with Crippen molar-refractivity contribution in [3.63, 3.8) is 0 Å². The van der Waals surface area contributed by atoms with Crippen LogP contribution in [-0.4, -0.2) is 69.6 Å². The van der Waals surface area contributed by atoms with Gasteiger partial charge in [-0.05, 0) is 44.1 Å². The zero-order chi connectivity index (χ0) is 24.9. The zero-order valence-corrected chi connectivity index (χ0v) is 21.4. The highest BCUT2D eigenvalue weighted by molar-refractivity contribution is 7.21. The molecule has 1 unspecified atom stereocenters. The second-order valence-electron chi connectivity index (χ2n) is 9.11. The van der Waals surface area contributed by atoms with E-state index in [9.17, 15) is 4.79 Å². The van der Waals surface area contributed by atoms with Crippen LogP contribution in [0.15, 0.2) is 24.5 Å². The number of amides is 1. The number of nitrogens with one attached hydrogen (secondary N) is 2. The Morgan fingerprint density at radius 1 is 1.25 bits per heavy atom. The van der Waals surface area contributed by atoms with Gasteiger partial charge in [0.25, 0.3) is 5.91 Å². The smallest absolute Gasteiger partial charge is 0.264 e. The van der Waals surface area contributed by atoms with Crippen molar-refractivity contribution in [1.29, 1.82) is 0 Å². The Kier molecular flexibility index (Phi) is 5.87. The zero-order valence-electron chi connectivity index (χ0n) is 19.8. The van der Waals surface area contributed by atoms with Crippen molar-refractivity contribution in [3.05, 3.63) is 40.3 Å². The lowest BCUT2D eigenvalue weighted by molar-refractivity contribution is 0.0915. The number of carbonyl (C=O) groups excluding carboxylic acids is 1. The van der Waals surface area contributed by atoms with Crippen molar-refractivity contribution in [1.82, 2.24) is 30.2 Å². The average molecular weight is 526 g/mol. The number of halogens is 1. The number of hydrogen-bond donors (Lipinski definition) is 2. The molecule has 2 aliphatic heterocycles. The molecule has 6 rings (SSSR count). The maximum Gasteiger partial charge on any atom is 0.264 e. The van der Waals surface area contributed by atoms with Crippen molar-refractivity contribution in [2.45, 2.75) is 25.5 Å². The lowest BCUT2D eigenvalue weighted by Gasteiger charge is -2.28. The molecule has 1 saturated heterocycles. The maximum atomic E-state index is 13.2. The van der Waals surface area contributed by atoms with E-state index in [1.165, 1.54) is 11.3 Å². The number of thiophene rings is 1. The van der Waals surface area contributed by atoms with Gasteiger partial charge in [-0.1, -0.05) is 0 Å². The summed E-state index contributed by atoms with van der Waals surface area (Å²) in [5.74, 6) is 0.497. The average Bonchev–Trinajstić information content (AvgIpc) is 3.39. The van der Waals surface area contributed by atoms with Gasteiger partial charge in [0.05, 0.1) is 40.6 Å². The first-order valence-corrected chi connectivity index (χ1v) is 12.9. The van der Waals surface area contributed by atoms with Crippen LogP contribution in [-0.2, 0) is 11.3 Å². The second kappa shape index (κ2) is 9.07. The van der Waals surface area contributed by atoms with E-state index in [4.69, 9.17) is 21.1 Å². The number of anilines is 1. The van der Waals surface area contributed by atoms with Crippen molar-refractivity contribution in [2.24, 2.45) is 0 Å². The predicted molar refractivity (Wildman–Crippen MR) is 138 cm³/mol. The number of ether oxygens (including phenoxy) is 2. The van der Waals surface area contributed by atoms with Gasteiger partial charge in [0, 0.05) is 42.5 Å². The lowest BCUT2D eigenvalue weighted by Crippen LogP contribution is -2.53. The highest BCUT2D eigenvalue weighted by atomic mass is 35.5. The highest BCUT2D eigenvalue weighted by Crippen LogP contribution is 2.42. The van der Waals surface area contributed by atoms with E-state index in [0.717, 1.165) is 35.3 Å². The van der Waals surface area contributed by atoms with Crippen molar-refractivity contribution < 1.29 is 14.3 Å². The molecule has 1 aromatic carbocycles. The molecule has 186 valence electrons. The van der Waals surface area contributed by atoms with E-state index in [2.05, 4.69) is 42.5 Å². The van der Waals surface area contributed by atoms with Crippen LogP contribution in [0.2, 0.25) is 5.28 Å². The normalized spacial score (nSPS) is 19.9. The molecular formula is C24H24ClN7O3S. The van der Waals surface area contributed by atoms with Crippen LogP contribution < -0.4 is 15.4 Å². The van der Waals surface area contributed by atoms with Crippen LogP contribution in [0.4, 0.5) is 5.69 Å². The Hall–Kier alpha value is -3.12. The first-order chi connectivity index (χ1) is 17.4. The summed E-state index contributed by atoms with van der Waals surface area (Å²) in [5, 5.41) is 7.82. The third-order valence-electron chi connectivity index (χ3n) is 6.53. The van der Waals surface area contributed by atoms with E-state index in [-0.39, 0.29) is 35.1 Å². The minimum atomic E-state index is -0.272. The molecule has 0 aliphatic carbocycles. The number of rotatable bonds is 5. The molecule has 12 heteroatoms. The minimum Gasteiger partial charge on any atom is -0.418 e. The van der Waals surface area contributed by atoms with Crippen LogP contribution in [0, 0.1) is 0 Å². The molecule has 1 fully saturated rings. The summed E-state index contributed by atoms with van der Waals surface area (Å²) < 4.78 is 12.4. The van der Waals surface area contributed by atoms with Gasteiger partial charge in [0.1, 0.15) is 4.88 Å². The summed E-state index contributed by atoms with van der Waals surface area (Å²) in [6.07, 6.45) is 4.04. The standard InChI is InChI=1S/C24H24ClN7O3S/c1-3-34-10-13-8-27-23(25)30-22(13)35-16-9-26-18-14(29-16)4-5-15-17(18)19-20(36-15)21(33)31-24(11-28-19)6-7-32(2)12-24/h4-5,8-9,28H,3,6-7,10-12H2,1-2H3,(H,31,33). The van der Waals surface area contributed by atoms with Crippen LogP contribution in [0.3, 0.4) is 0 Å². The first-order valence-electron chi connectivity index (χ1n) is 11.7. The molecule has 2 N–H and O–H groups in total. The topological polar surface area (TPSA) is 114 Å². The summed E-state index contributed by atoms with van der Waals surface area (Å²) in [7, 11) is 2.08. The van der Waals surface area contributed by atoms with Crippen LogP contribution in [0.25, 0.3) is 21.1 Å². The van der Waals surface area contributed by atoms with Gasteiger partial charge in [0.2, 0.25) is 17.0 Å². The quantitative estimate of drug-likeness (QED) is 0.375. The fourth-order valence-electron chi connectivity index (χ4n) is 4.82. The molecule has 10 nitrogen and oxygen atoms in total. The van der Waals surface area contributed by atoms with Crippen molar-refractivity contribution in [3.8, 4) is 11.8 Å². The Morgan fingerprint density at radius 2 is 2.14 bits per heavy atom. The second-order valence-corrected chi connectivity index (χ2v) is 10.5. The summed E-state index contributed by atoms with van der Waals surface area (Å²) >= 11 is 7.45. The Morgan fingerprint density at radius 3 is 2.94 bits per heavy atom. The molecule has 1 amide bonds. The largest absolute Gasteiger partial charge is 0.418 e.